The Morgan fingerprint density at radius 2 is 1.80 bits per heavy atom. The van der Waals surface area contributed by atoms with E-state index in [4.69, 9.17) is 10.5 Å². The van der Waals surface area contributed by atoms with E-state index in [-0.39, 0.29) is 30.2 Å². The number of amides is 3. The molecule has 1 unspecified atom stereocenters. The monoisotopic (exact) mass is 353 g/mol. The van der Waals surface area contributed by atoms with Gasteiger partial charge in [0.25, 0.3) is 0 Å². The van der Waals surface area contributed by atoms with Gasteiger partial charge in [-0.15, -0.1) is 0 Å². The molecule has 1 aliphatic heterocycles. The zero-order chi connectivity index (χ0) is 18.6. The van der Waals surface area contributed by atoms with Crippen molar-refractivity contribution >= 4 is 17.9 Å². The molecule has 25 heavy (non-hydrogen) atoms. The molecule has 1 aliphatic carbocycles. The predicted molar refractivity (Wildman–Crippen MR) is 93.6 cm³/mol. The third-order valence-corrected chi connectivity index (χ3v) is 5.00. The van der Waals surface area contributed by atoms with Gasteiger partial charge in [0, 0.05) is 26.1 Å². The van der Waals surface area contributed by atoms with Gasteiger partial charge in [0.1, 0.15) is 5.60 Å². The smallest absolute Gasteiger partial charge is 0.407 e. The molecule has 1 atom stereocenters. The summed E-state index contributed by atoms with van der Waals surface area (Å²) in [6.07, 6.45) is 4.01. The van der Waals surface area contributed by atoms with Gasteiger partial charge in [-0.3, -0.25) is 9.59 Å². The molecule has 2 rings (SSSR count). The predicted octanol–water partition coefficient (Wildman–Crippen LogP) is 1.65. The van der Waals surface area contributed by atoms with E-state index in [9.17, 15) is 14.4 Å². The Hall–Kier alpha value is -1.79. The second-order valence-electron chi connectivity index (χ2n) is 8.37. The molecular weight excluding hydrogens is 322 g/mol. The van der Waals surface area contributed by atoms with Gasteiger partial charge in [-0.2, -0.15) is 0 Å². The second-order valence-corrected chi connectivity index (χ2v) is 8.37. The van der Waals surface area contributed by atoms with Crippen LogP contribution in [-0.4, -0.2) is 48.0 Å². The van der Waals surface area contributed by atoms with Crippen molar-refractivity contribution in [1.82, 2.24) is 10.2 Å². The van der Waals surface area contributed by atoms with Crippen molar-refractivity contribution in [1.29, 1.82) is 0 Å². The highest BCUT2D eigenvalue weighted by atomic mass is 16.6. The molecule has 0 aromatic carbocycles. The number of alkyl carbamates (subject to hydrolysis) is 1. The number of ether oxygens (including phenoxy) is 1. The van der Waals surface area contributed by atoms with Crippen molar-refractivity contribution in [3.63, 3.8) is 0 Å². The number of hydrogen-bond donors (Lipinski definition) is 2. The summed E-state index contributed by atoms with van der Waals surface area (Å²) in [4.78, 5) is 36.7. The molecule has 3 amide bonds. The van der Waals surface area contributed by atoms with E-state index in [0.29, 0.717) is 24.9 Å². The van der Waals surface area contributed by atoms with Gasteiger partial charge in [0.15, 0.2) is 0 Å². The number of carbonyl (C=O) groups excluding carboxylic acids is 3. The maximum atomic E-state index is 12.0. The van der Waals surface area contributed by atoms with E-state index < -0.39 is 5.60 Å². The minimum Gasteiger partial charge on any atom is -0.444 e. The van der Waals surface area contributed by atoms with E-state index >= 15 is 0 Å². The summed E-state index contributed by atoms with van der Waals surface area (Å²) >= 11 is 0. The fourth-order valence-electron chi connectivity index (χ4n) is 3.61. The van der Waals surface area contributed by atoms with Gasteiger partial charge in [-0.25, -0.2) is 4.79 Å². The Morgan fingerprint density at radius 1 is 1.20 bits per heavy atom. The van der Waals surface area contributed by atoms with Crippen molar-refractivity contribution in [3.05, 3.63) is 0 Å². The molecule has 142 valence electrons. The van der Waals surface area contributed by atoms with Crippen LogP contribution < -0.4 is 11.1 Å². The van der Waals surface area contributed by atoms with E-state index in [0.717, 1.165) is 32.2 Å². The highest BCUT2D eigenvalue weighted by Gasteiger charge is 2.34. The molecule has 7 nitrogen and oxygen atoms in total. The van der Waals surface area contributed by atoms with E-state index in [1.165, 1.54) is 0 Å². The molecule has 7 heteroatoms. The van der Waals surface area contributed by atoms with E-state index in [1.807, 2.05) is 20.8 Å². The SMILES string of the molecule is CC(C)(C)OC(=O)NCC1CCC(CN2CC(C(N)=O)CC2=O)CC1. The molecule has 2 fully saturated rings. The number of likely N-dealkylation sites (tertiary alicyclic amines) is 1. The standard InChI is InChI=1S/C18H31N3O4/c1-18(2,3)25-17(24)20-9-12-4-6-13(7-5-12)10-21-11-14(16(19)23)8-15(21)22/h12-14H,4-11H2,1-3H3,(H2,19,23)(H,20,24). The number of hydrogen-bond acceptors (Lipinski definition) is 4. The average molecular weight is 353 g/mol. The van der Waals surface area contributed by atoms with Crippen LogP contribution in [0.4, 0.5) is 4.79 Å². The third-order valence-electron chi connectivity index (χ3n) is 5.00. The van der Waals surface area contributed by atoms with Crippen molar-refractivity contribution in [2.24, 2.45) is 23.5 Å². The van der Waals surface area contributed by atoms with Crippen LogP contribution in [0.3, 0.4) is 0 Å². The number of nitrogens with one attached hydrogen (secondary N) is 1. The maximum Gasteiger partial charge on any atom is 0.407 e. The fourth-order valence-corrected chi connectivity index (χ4v) is 3.61. The largest absolute Gasteiger partial charge is 0.444 e. The zero-order valence-corrected chi connectivity index (χ0v) is 15.5. The van der Waals surface area contributed by atoms with Crippen LogP contribution in [0.15, 0.2) is 0 Å². The summed E-state index contributed by atoms with van der Waals surface area (Å²) in [5, 5.41) is 2.85. The van der Waals surface area contributed by atoms with Crippen LogP contribution in [0.1, 0.15) is 52.9 Å². The van der Waals surface area contributed by atoms with Crippen LogP contribution in [-0.2, 0) is 14.3 Å². The van der Waals surface area contributed by atoms with Gasteiger partial charge in [-0.1, -0.05) is 0 Å². The van der Waals surface area contributed by atoms with Crippen molar-refractivity contribution in [3.8, 4) is 0 Å². The second kappa shape index (κ2) is 8.06. The lowest BCUT2D eigenvalue weighted by atomic mass is 9.81. The molecule has 0 aromatic heterocycles. The molecule has 0 aromatic rings. The summed E-state index contributed by atoms with van der Waals surface area (Å²) in [5.41, 5.74) is 4.83. The topological polar surface area (TPSA) is 102 Å². The Kier molecular flexibility index (Phi) is 6.30. The van der Waals surface area contributed by atoms with Gasteiger partial charge in [-0.05, 0) is 58.3 Å². The first kappa shape index (κ1) is 19.5. The average Bonchev–Trinajstić information content (AvgIpc) is 2.86. The normalized spacial score (nSPS) is 27.2. The third kappa shape index (κ3) is 6.21. The lowest BCUT2D eigenvalue weighted by Gasteiger charge is -2.31. The molecule has 1 saturated carbocycles. The van der Waals surface area contributed by atoms with Crippen molar-refractivity contribution in [2.45, 2.75) is 58.5 Å². The first-order valence-corrected chi connectivity index (χ1v) is 9.18. The zero-order valence-electron chi connectivity index (χ0n) is 15.5. The summed E-state index contributed by atoms with van der Waals surface area (Å²) in [6, 6.07) is 0. The molecule has 3 N–H and O–H groups in total. The number of nitrogens with two attached hydrogens (primary N) is 1. The van der Waals surface area contributed by atoms with Crippen LogP contribution in [0.2, 0.25) is 0 Å². The minimum absolute atomic E-state index is 0.0394. The summed E-state index contributed by atoms with van der Waals surface area (Å²) in [5.74, 6) is 0.247. The quantitative estimate of drug-likeness (QED) is 0.784. The van der Waals surface area contributed by atoms with Crippen molar-refractivity contribution in [2.75, 3.05) is 19.6 Å². The summed E-state index contributed by atoms with van der Waals surface area (Å²) < 4.78 is 5.25. The highest BCUT2D eigenvalue weighted by molar-refractivity contribution is 5.88. The molecule has 0 bridgehead atoms. The summed E-state index contributed by atoms with van der Waals surface area (Å²) in [6.45, 7) is 7.36. The lowest BCUT2D eigenvalue weighted by Crippen LogP contribution is -2.37. The first-order chi connectivity index (χ1) is 11.6. The molecule has 1 heterocycles. The van der Waals surface area contributed by atoms with Gasteiger partial charge < -0.3 is 20.7 Å². The van der Waals surface area contributed by atoms with E-state index in [1.54, 1.807) is 4.90 Å². The van der Waals surface area contributed by atoms with Crippen LogP contribution in [0, 0.1) is 17.8 Å². The number of carbonyl (C=O) groups is 3. The van der Waals surface area contributed by atoms with Gasteiger partial charge in [0.2, 0.25) is 11.8 Å². The molecule has 1 saturated heterocycles. The highest BCUT2D eigenvalue weighted by Crippen LogP contribution is 2.30. The molecule has 2 aliphatic rings. The van der Waals surface area contributed by atoms with Gasteiger partial charge in [0.05, 0.1) is 5.92 Å². The van der Waals surface area contributed by atoms with Crippen LogP contribution >= 0.6 is 0 Å². The Bertz CT molecular complexity index is 507. The Morgan fingerprint density at radius 3 is 2.32 bits per heavy atom. The van der Waals surface area contributed by atoms with Crippen LogP contribution in [0.5, 0.6) is 0 Å². The molecule has 0 spiro atoms. The molecular formula is C18H31N3O4. The number of primary amides is 1. The number of rotatable bonds is 5. The summed E-state index contributed by atoms with van der Waals surface area (Å²) in [7, 11) is 0. The lowest BCUT2D eigenvalue weighted by molar-refractivity contribution is -0.129. The van der Waals surface area contributed by atoms with Gasteiger partial charge >= 0.3 is 6.09 Å². The Labute approximate surface area is 149 Å². The van der Waals surface area contributed by atoms with E-state index in [2.05, 4.69) is 5.32 Å². The number of nitrogens with zero attached hydrogens (tertiary/aromatic N) is 1. The molecule has 0 radical (unpaired) electrons. The minimum atomic E-state index is -0.479. The fraction of sp³-hybridized carbons (Fsp3) is 0.833. The van der Waals surface area contributed by atoms with Crippen LogP contribution in [0.25, 0.3) is 0 Å². The Balaban J connectivity index is 1.67. The van der Waals surface area contributed by atoms with Crippen molar-refractivity contribution < 1.29 is 19.1 Å². The first-order valence-electron chi connectivity index (χ1n) is 9.18. The maximum absolute atomic E-state index is 12.0.